The Morgan fingerprint density at radius 2 is 1.56 bits per heavy atom. The van der Waals surface area contributed by atoms with Gasteiger partial charge in [-0.25, -0.2) is 0 Å². The zero-order chi connectivity index (χ0) is 12.1. The van der Waals surface area contributed by atoms with Crippen molar-refractivity contribution in [2.45, 2.75) is 64.7 Å². The fourth-order valence-corrected chi connectivity index (χ4v) is 1.61. The molecule has 0 heterocycles. The molecule has 0 aromatic rings. The number of ether oxygens (including phenoxy) is 1. The highest BCUT2D eigenvalue weighted by Gasteiger charge is 1.99. The summed E-state index contributed by atoms with van der Waals surface area (Å²) in [5, 5.41) is 0. The number of rotatable bonds is 11. The van der Waals surface area contributed by atoms with E-state index in [0.717, 1.165) is 6.42 Å². The number of hydrogen-bond donors (Lipinski definition) is 1. The first-order chi connectivity index (χ1) is 7.81. The molecular formula is C13H27NO2. The molecule has 0 aromatic heterocycles. The summed E-state index contributed by atoms with van der Waals surface area (Å²) in [5.74, 6) is -0.162. The molecule has 96 valence electrons. The van der Waals surface area contributed by atoms with Crippen LogP contribution in [-0.4, -0.2) is 19.1 Å². The van der Waals surface area contributed by atoms with Gasteiger partial charge in [0.2, 0.25) is 0 Å². The van der Waals surface area contributed by atoms with Gasteiger partial charge in [0.1, 0.15) is 0 Å². The fourth-order valence-electron chi connectivity index (χ4n) is 1.61. The van der Waals surface area contributed by atoms with Gasteiger partial charge >= 0.3 is 5.97 Å². The third-order valence-corrected chi connectivity index (χ3v) is 2.61. The molecule has 0 saturated heterocycles. The van der Waals surface area contributed by atoms with Crippen molar-refractivity contribution in [3.8, 4) is 0 Å². The number of carbonyl (C=O) groups excluding carboxylic acids is 1. The van der Waals surface area contributed by atoms with Crippen LogP contribution in [0.25, 0.3) is 0 Å². The van der Waals surface area contributed by atoms with Gasteiger partial charge in [-0.3, -0.25) is 4.79 Å². The maximum atomic E-state index is 10.9. The van der Waals surface area contributed by atoms with E-state index < -0.39 is 0 Å². The third-order valence-electron chi connectivity index (χ3n) is 2.61. The first kappa shape index (κ1) is 15.4. The van der Waals surface area contributed by atoms with Gasteiger partial charge in [-0.05, 0) is 6.42 Å². The van der Waals surface area contributed by atoms with Crippen molar-refractivity contribution in [1.82, 2.24) is 0 Å². The van der Waals surface area contributed by atoms with Gasteiger partial charge in [0.25, 0.3) is 0 Å². The number of carbonyl (C=O) groups is 1. The van der Waals surface area contributed by atoms with Gasteiger partial charge < -0.3 is 10.5 Å². The van der Waals surface area contributed by atoms with E-state index in [2.05, 4.69) is 6.92 Å². The number of hydrogen-bond acceptors (Lipinski definition) is 3. The molecule has 16 heavy (non-hydrogen) atoms. The summed E-state index contributed by atoms with van der Waals surface area (Å²) in [6, 6.07) is 0. The smallest absolute Gasteiger partial charge is 0.307 e. The monoisotopic (exact) mass is 229 g/mol. The van der Waals surface area contributed by atoms with Crippen LogP contribution in [0.2, 0.25) is 0 Å². The topological polar surface area (TPSA) is 52.3 Å². The lowest BCUT2D eigenvalue weighted by molar-refractivity contribution is -0.143. The van der Waals surface area contributed by atoms with E-state index in [0.29, 0.717) is 19.6 Å². The molecule has 2 N–H and O–H groups in total. The summed E-state index contributed by atoms with van der Waals surface area (Å²) in [4.78, 5) is 10.9. The zero-order valence-corrected chi connectivity index (χ0v) is 10.7. The Bertz CT molecular complexity index is 160. The summed E-state index contributed by atoms with van der Waals surface area (Å²) >= 11 is 0. The van der Waals surface area contributed by atoms with Crippen molar-refractivity contribution < 1.29 is 9.53 Å². The Morgan fingerprint density at radius 1 is 1.00 bits per heavy atom. The molecular weight excluding hydrogens is 202 g/mol. The molecule has 0 aliphatic carbocycles. The predicted octanol–water partition coefficient (Wildman–Crippen LogP) is 3.02. The molecule has 0 aromatic carbocycles. The fraction of sp³-hybridized carbons (Fsp3) is 0.923. The molecule has 0 amide bonds. The minimum absolute atomic E-state index is 0.162. The predicted molar refractivity (Wildman–Crippen MR) is 67.2 cm³/mol. The Balaban J connectivity index is 3.01. The Labute approximate surface area is 99.7 Å². The standard InChI is InChI=1S/C13H27NO2/c1-2-3-4-5-6-7-8-9-12-16-13(15)10-11-14/h2-12,14H2,1H3. The van der Waals surface area contributed by atoms with Gasteiger partial charge in [-0.2, -0.15) is 0 Å². The van der Waals surface area contributed by atoms with Crippen LogP contribution in [0, 0.1) is 0 Å². The number of esters is 1. The largest absolute Gasteiger partial charge is 0.466 e. The highest BCUT2D eigenvalue weighted by atomic mass is 16.5. The summed E-state index contributed by atoms with van der Waals surface area (Å²) in [5.41, 5.74) is 5.24. The Hall–Kier alpha value is -0.570. The van der Waals surface area contributed by atoms with E-state index in [4.69, 9.17) is 10.5 Å². The lowest BCUT2D eigenvalue weighted by Crippen LogP contribution is -2.11. The van der Waals surface area contributed by atoms with Crippen molar-refractivity contribution in [3.05, 3.63) is 0 Å². The van der Waals surface area contributed by atoms with Gasteiger partial charge in [0.05, 0.1) is 13.0 Å². The second-order valence-corrected chi connectivity index (χ2v) is 4.23. The molecule has 0 radical (unpaired) electrons. The SMILES string of the molecule is CCCCCCCCCCOC(=O)CCN. The maximum absolute atomic E-state index is 10.9. The highest BCUT2D eigenvalue weighted by Crippen LogP contribution is 2.08. The van der Waals surface area contributed by atoms with E-state index in [9.17, 15) is 4.79 Å². The quantitative estimate of drug-likeness (QED) is 0.437. The lowest BCUT2D eigenvalue weighted by atomic mass is 10.1. The molecule has 0 aliphatic heterocycles. The molecule has 0 saturated carbocycles. The van der Waals surface area contributed by atoms with Crippen LogP contribution >= 0.6 is 0 Å². The second kappa shape index (κ2) is 12.5. The second-order valence-electron chi connectivity index (χ2n) is 4.23. The van der Waals surface area contributed by atoms with Gasteiger partial charge in [-0.15, -0.1) is 0 Å². The zero-order valence-electron chi connectivity index (χ0n) is 10.7. The van der Waals surface area contributed by atoms with Crippen LogP contribution in [0.15, 0.2) is 0 Å². The molecule has 0 bridgehead atoms. The van der Waals surface area contributed by atoms with E-state index in [1.807, 2.05) is 0 Å². The van der Waals surface area contributed by atoms with Crippen LogP contribution in [0.5, 0.6) is 0 Å². The van der Waals surface area contributed by atoms with Crippen molar-refractivity contribution >= 4 is 5.97 Å². The number of unbranched alkanes of at least 4 members (excludes halogenated alkanes) is 7. The van der Waals surface area contributed by atoms with E-state index in [1.165, 1.54) is 44.9 Å². The maximum Gasteiger partial charge on any atom is 0.307 e. The Morgan fingerprint density at radius 3 is 2.12 bits per heavy atom. The van der Waals surface area contributed by atoms with Gasteiger partial charge in [0, 0.05) is 6.54 Å². The molecule has 3 nitrogen and oxygen atoms in total. The minimum atomic E-state index is -0.162. The van der Waals surface area contributed by atoms with Crippen LogP contribution in [0.4, 0.5) is 0 Å². The first-order valence-electron chi connectivity index (χ1n) is 6.67. The van der Waals surface area contributed by atoms with Crippen molar-refractivity contribution in [2.24, 2.45) is 5.73 Å². The summed E-state index contributed by atoms with van der Waals surface area (Å²) < 4.78 is 5.01. The average molecular weight is 229 g/mol. The van der Waals surface area contributed by atoms with Crippen LogP contribution < -0.4 is 5.73 Å². The van der Waals surface area contributed by atoms with Crippen LogP contribution in [0.1, 0.15) is 64.7 Å². The van der Waals surface area contributed by atoms with E-state index >= 15 is 0 Å². The van der Waals surface area contributed by atoms with E-state index in [-0.39, 0.29) is 5.97 Å². The normalized spacial score (nSPS) is 10.4. The van der Waals surface area contributed by atoms with Crippen molar-refractivity contribution in [2.75, 3.05) is 13.2 Å². The first-order valence-corrected chi connectivity index (χ1v) is 6.67. The van der Waals surface area contributed by atoms with Crippen molar-refractivity contribution in [3.63, 3.8) is 0 Å². The minimum Gasteiger partial charge on any atom is -0.466 e. The average Bonchev–Trinajstić information content (AvgIpc) is 2.27. The highest BCUT2D eigenvalue weighted by molar-refractivity contribution is 5.69. The summed E-state index contributed by atoms with van der Waals surface area (Å²) in [7, 11) is 0. The molecule has 0 rings (SSSR count). The number of nitrogens with two attached hydrogens (primary N) is 1. The Kier molecular flexibility index (Phi) is 12.1. The lowest BCUT2D eigenvalue weighted by Gasteiger charge is -2.04. The summed E-state index contributed by atoms with van der Waals surface area (Å²) in [6.07, 6.45) is 10.5. The molecule has 0 unspecified atom stereocenters. The summed E-state index contributed by atoms with van der Waals surface area (Å²) in [6.45, 7) is 3.18. The third kappa shape index (κ3) is 11.5. The molecule has 0 atom stereocenters. The molecule has 0 aliphatic rings. The van der Waals surface area contributed by atoms with Crippen molar-refractivity contribution in [1.29, 1.82) is 0 Å². The van der Waals surface area contributed by atoms with Gasteiger partial charge in [-0.1, -0.05) is 51.9 Å². The van der Waals surface area contributed by atoms with Crippen LogP contribution in [-0.2, 0) is 9.53 Å². The molecule has 3 heteroatoms. The van der Waals surface area contributed by atoms with Gasteiger partial charge in [0.15, 0.2) is 0 Å². The molecule has 0 fully saturated rings. The molecule has 0 spiro atoms. The van der Waals surface area contributed by atoms with Crippen LogP contribution in [0.3, 0.4) is 0 Å². The van der Waals surface area contributed by atoms with E-state index in [1.54, 1.807) is 0 Å².